The van der Waals surface area contributed by atoms with Gasteiger partial charge >= 0.3 is 0 Å². The first-order valence-corrected chi connectivity index (χ1v) is 12.4. The summed E-state index contributed by atoms with van der Waals surface area (Å²) in [7, 11) is -1.11. The molecule has 0 bridgehead atoms. The van der Waals surface area contributed by atoms with Gasteiger partial charge in [0.25, 0.3) is 0 Å². The molecule has 0 aliphatic heterocycles. The summed E-state index contributed by atoms with van der Waals surface area (Å²) < 4.78 is 38.2. The lowest BCUT2D eigenvalue weighted by Gasteiger charge is -2.22. The number of rotatable bonds is 10. The average Bonchev–Trinajstić information content (AvgIpc) is 2.82. The van der Waals surface area contributed by atoms with Crippen molar-refractivity contribution in [3.05, 3.63) is 82.3 Å². The highest BCUT2D eigenvalue weighted by molar-refractivity contribution is 7.89. The summed E-state index contributed by atoms with van der Waals surface area (Å²) in [6, 6.07) is 18.4. The molecular formula is C24H24Cl2N2O5S. The molecule has 7 nitrogen and oxygen atoms in total. The van der Waals surface area contributed by atoms with Crippen LogP contribution in [0.5, 0.6) is 11.5 Å². The average molecular weight is 523 g/mol. The van der Waals surface area contributed by atoms with Crippen LogP contribution in [-0.4, -0.2) is 45.9 Å². The van der Waals surface area contributed by atoms with Gasteiger partial charge in [0.1, 0.15) is 11.5 Å². The van der Waals surface area contributed by atoms with E-state index in [9.17, 15) is 13.2 Å². The number of hydrogen-bond donors (Lipinski definition) is 1. The first-order chi connectivity index (χ1) is 16.2. The largest absolute Gasteiger partial charge is 0.495 e. The number of sulfonamides is 1. The second kappa shape index (κ2) is 11.6. The van der Waals surface area contributed by atoms with Gasteiger partial charge in [-0.25, -0.2) is 8.42 Å². The van der Waals surface area contributed by atoms with Crippen LogP contribution in [0.1, 0.15) is 5.56 Å². The third-order valence-electron chi connectivity index (χ3n) is 5.01. The van der Waals surface area contributed by atoms with E-state index in [-0.39, 0.29) is 16.5 Å². The molecule has 0 unspecified atom stereocenters. The Labute approximate surface area is 209 Å². The van der Waals surface area contributed by atoms with E-state index in [1.165, 1.54) is 38.5 Å². The molecule has 180 valence electrons. The number of nitrogens with one attached hydrogen (secondary N) is 1. The first-order valence-electron chi connectivity index (χ1n) is 10.3. The lowest BCUT2D eigenvalue weighted by molar-refractivity contribution is -0.116. The molecule has 0 saturated heterocycles. The van der Waals surface area contributed by atoms with Crippen molar-refractivity contribution in [3.8, 4) is 11.5 Å². The van der Waals surface area contributed by atoms with Gasteiger partial charge < -0.3 is 14.8 Å². The highest BCUT2D eigenvalue weighted by Gasteiger charge is 2.27. The Balaban J connectivity index is 1.84. The van der Waals surface area contributed by atoms with Crippen molar-refractivity contribution in [1.82, 2.24) is 4.31 Å². The standard InChI is InChI=1S/C24H24Cl2N2O5S/c1-32-22-10-8-18(14-20(22)25)27-24(29)16-28(13-12-17-6-4-3-5-7-17)34(30,31)19-9-11-23(33-2)21(26)15-19/h3-11,14-15H,12-13,16H2,1-2H3,(H,27,29). The van der Waals surface area contributed by atoms with Crippen molar-refractivity contribution in [2.75, 3.05) is 32.6 Å². The van der Waals surface area contributed by atoms with Crippen molar-refractivity contribution in [1.29, 1.82) is 0 Å². The minimum Gasteiger partial charge on any atom is -0.495 e. The maximum atomic E-state index is 13.4. The van der Waals surface area contributed by atoms with Crippen molar-refractivity contribution in [2.45, 2.75) is 11.3 Å². The zero-order chi connectivity index (χ0) is 24.7. The highest BCUT2D eigenvalue weighted by Crippen LogP contribution is 2.29. The summed E-state index contributed by atoms with van der Waals surface area (Å²) in [5.74, 6) is 0.297. The lowest BCUT2D eigenvalue weighted by atomic mass is 10.1. The van der Waals surface area contributed by atoms with Crippen LogP contribution in [-0.2, 0) is 21.2 Å². The van der Waals surface area contributed by atoms with Gasteiger partial charge in [0.15, 0.2) is 0 Å². The maximum absolute atomic E-state index is 13.4. The molecule has 3 aromatic rings. The van der Waals surface area contributed by atoms with Crippen molar-refractivity contribution >= 4 is 44.8 Å². The van der Waals surface area contributed by atoms with Crippen LogP contribution in [0.4, 0.5) is 5.69 Å². The Kier molecular flexibility index (Phi) is 8.79. The monoisotopic (exact) mass is 522 g/mol. The molecule has 3 rings (SSSR count). The fraction of sp³-hybridized carbons (Fsp3) is 0.208. The Morgan fingerprint density at radius 1 is 0.912 bits per heavy atom. The molecule has 0 fully saturated rings. The summed E-state index contributed by atoms with van der Waals surface area (Å²) >= 11 is 12.3. The molecule has 34 heavy (non-hydrogen) atoms. The smallest absolute Gasteiger partial charge is 0.243 e. The molecule has 10 heteroatoms. The van der Waals surface area contributed by atoms with Crippen LogP contribution in [0.25, 0.3) is 0 Å². The Morgan fingerprint density at radius 3 is 2.12 bits per heavy atom. The molecule has 0 aromatic heterocycles. The quantitative estimate of drug-likeness (QED) is 0.410. The number of halogens is 2. The van der Waals surface area contributed by atoms with Crippen molar-refractivity contribution < 1.29 is 22.7 Å². The molecule has 0 heterocycles. The molecule has 1 N–H and O–H groups in total. The number of carbonyl (C=O) groups is 1. The number of ether oxygens (including phenoxy) is 2. The predicted octanol–water partition coefficient (Wildman–Crippen LogP) is 4.88. The topological polar surface area (TPSA) is 84.9 Å². The number of methoxy groups -OCH3 is 2. The molecule has 0 radical (unpaired) electrons. The minimum atomic E-state index is -4.04. The third kappa shape index (κ3) is 6.42. The van der Waals surface area contributed by atoms with Gasteiger partial charge in [-0.2, -0.15) is 4.31 Å². The predicted molar refractivity (Wildman–Crippen MR) is 134 cm³/mol. The minimum absolute atomic E-state index is 0.0355. The number of amides is 1. The Bertz CT molecular complexity index is 1250. The van der Waals surface area contributed by atoms with E-state index >= 15 is 0 Å². The fourth-order valence-electron chi connectivity index (χ4n) is 3.24. The van der Waals surface area contributed by atoms with Gasteiger partial charge in [0.2, 0.25) is 15.9 Å². The summed E-state index contributed by atoms with van der Waals surface area (Å²) in [4.78, 5) is 12.8. The molecule has 3 aromatic carbocycles. The number of nitrogens with zero attached hydrogens (tertiary/aromatic N) is 1. The van der Waals surface area contributed by atoms with Crippen LogP contribution >= 0.6 is 23.2 Å². The second-order valence-electron chi connectivity index (χ2n) is 7.27. The number of carbonyl (C=O) groups excluding carboxylic acids is 1. The van der Waals surface area contributed by atoms with Gasteiger partial charge in [0.05, 0.1) is 35.7 Å². The number of anilines is 1. The van der Waals surface area contributed by atoms with E-state index in [0.29, 0.717) is 28.6 Å². The molecular weight excluding hydrogens is 499 g/mol. The summed E-state index contributed by atoms with van der Waals surface area (Å²) in [6.07, 6.45) is 0.422. The first kappa shape index (κ1) is 25.8. The van der Waals surface area contributed by atoms with E-state index in [0.717, 1.165) is 9.87 Å². The highest BCUT2D eigenvalue weighted by atomic mass is 35.5. The van der Waals surface area contributed by atoms with Gasteiger partial charge in [-0.3, -0.25) is 4.79 Å². The van der Waals surface area contributed by atoms with Gasteiger partial charge in [0, 0.05) is 12.2 Å². The summed E-state index contributed by atoms with van der Waals surface area (Å²) in [5.41, 5.74) is 1.36. The maximum Gasteiger partial charge on any atom is 0.243 e. The van der Waals surface area contributed by atoms with E-state index in [1.54, 1.807) is 12.1 Å². The lowest BCUT2D eigenvalue weighted by Crippen LogP contribution is -2.39. The van der Waals surface area contributed by atoms with Crippen LogP contribution in [0.2, 0.25) is 10.0 Å². The van der Waals surface area contributed by atoms with Gasteiger partial charge in [-0.15, -0.1) is 0 Å². The van der Waals surface area contributed by atoms with Gasteiger partial charge in [-0.05, 0) is 48.4 Å². The zero-order valence-electron chi connectivity index (χ0n) is 18.6. The Hall–Kier alpha value is -2.78. The zero-order valence-corrected chi connectivity index (χ0v) is 21.0. The van der Waals surface area contributed by atoms with Crippen molar-refractivity contribution in [3.63, 3.8) is 0 Å². The number of hydrogen-bond acceptors (Lipinski definition) is 5. The second-order valence-corrected chi connectivity index (χ2v) is 10.0. The summed E-state index contributed by atoms with van der Waals surface area (Å²) in [5, 5.41) is 3.16. The van der Waals surface area contributed by atoms with Crippen LogP contribution in [0.3, 0.4) is 0 Å². The molecule has 1 amide bonds. The van der Waals surface area contributed by atoms with E-state index in [1.807, 2.05) is 30.3 Å². The van der Waals surface area contributed by atoms with E-state index in [2.05, 4.69) is 5.32 Å². The molecule has 0 aliphatic rings. The molecule has 0 spiro atoms. The molecule has 0 atom stereocenters. The number of benzene rings is 3. The van der Waals surface area contributed by atoms with Crippen LogP contribution < -0.4 is 14.8 Å². The SMILES string of the molecule is COc1ccc(NC(=O)CN(CCc2ccccc2)S(=O)(=O)c2ccc(OC)c(Cl)c2)cc1Cl. The molecule has 0 aliphatic carbocycles. The summed E-state index contributed by atoms with van der Waals surface area (Å²) in [6.45, 7) is -0.310. The van der Waals surface area contributed by atoms with Crippen LogP contribution in [0.15, 0.2) is 71.6 Å². The fourth-order valence-corrected chi connectivity index (χ4v) is 5.25. The molecule has 0 saturated carbocycles. The Morgan fingerprint density at radius 2 is 1.53 bits per heavy atom. The van der Waals surface area contributed by atoms with E-state index < -0.39 is 22.5 Å². The van der Waals surface area contributed by atoms with Crippen LogP contribution in [0, 0.1) is 0 Å². The third-order valence-corrected chi connectivity index (χ3v) is 7.44. The van der Waals surface area contributed by atoms with Gasteiger partial charge in [-0.1, -0.05) is 53.5 Å². The van der Waals surface area contributed by atoms with Crippen molar-refractivity contribution in [2.24, 2.45) is 0 Å². The van der Waals surface area contributed by atoms with E-state index in [4.69, 9.17) is 32.7 Å². The normalized spacial score (nSPS) is 11.3.